The zero-order valence-electron chi connectivity index (χ0n) is 11.1. The maximum atomic E-state index is 6.19. The van der Waals surface area contributed by atoms with Crippen molar-refractivity contribution in [2.24, 2.45) is 0 Å². The fraction of sp³-hybridized carbons (Fsp3) is 0.643. The quantitative estimate of drug-likeness (QED) is 0.848. The summed E-state index contributed by atoms with van der Waals surface area (Å²) in [6.07, 6.45) is 6.42. The molecule has 2 saturated heterocycles. The van der Waals surface area contributed by atoms with Gasteiger partial charge < -0.3 is 9.64 Å². The van der Waals surface area contributed by atoms with Crippen LogP contribution in [0.5, 0.6) is 0 Å². The van der Waals surface area contributed by atoms with E-state index in [2.05, 4.69) is 14.8 Å². The number of hydrogen-bond donors (Lipinski definition) is 0. The molecule has 0 amide bonds. The van der Waals surface area contributed by atoms with E-state index >= 15 is 0 Å². The van der Waals surface area contributed by atoms with Crippen LogP contribution in [0.3, 0.4) is 0 Å². The van der Waals surface area contributed by atoms with Gasteiger partial charge in [-0.25, -0.2) is 0 Å². The first-order valence-corrected chi connectivity index (χ1v) is 7.39. The highest BCUT2D eigenvalue weighted by molar-refractivity contribution is 6.33. The highest BCUT2D eigenvalue weighted by Crippen LogP contribution is 2.25. The minimum Gasteiger partial charge on any atom is -0.377 e. The molecule has 2 aliphatic heterocycles. The molecule has 0 bridgehead atoms. The molecule has 1 aromatic rings. The Labute approximate surface area is 119 Å². The molecule has 0 aromatic carbocycles. The van der Waals surface area contributed by atoms with Gasteiger partial charge in [0.05, 0.1) is 16.8 Å². The van der Waals surface area contributed by atoms with Crippen LogP contribution in [0.25, 0.3) is 0 Å². The number of halogens is 1. The molecule has 3 heterocycles. The van der Waals surface area contributed by atoms with Crippen LogP contribution in [0.15, 0.2) is 18.5 Å². The summed E-state index contributed by atoms with van der Waals surface area (Å²) in [5.41, 5.74) is 1.11. The Bertz CT molecular complexity index is 415. The Morgan fingerprint density at radius 1 is 1.32 bits per heavy atom. The summed E-state index contributed by atoms with van der Waals surface area (Å²) in [5.74, 6) is 0. The van der Waals surface area contributed by atoms with Gasteiger partial charge in [0.25, 0.3) is 0 Å². The second kappa shape index (κ2) is 6.07. The van der Waals surface area contributed by atoms with Gasteiger partial charge in [-0.3, -0.25) is 9.88 Å². The van der Waals surface area contributed by atoms with Crippen LogP contribution in [-0.4, -0.2) is 55.3 Å². The second-order valence-corrected chi connectivity index (χ2v) is 5.66. The lowest BCUT2D eigenvalue weighted by Gasteiger charge is -2.37. The van der Waals surface area contributed by atoms with Gasteiger partial charge in [0, 0.05) is 51.7 Å². The first-order valence-electron chi connectivity index (χ1n) is 7.01. The molecule has 0 N–H and O–H groups in total. The van der Waals surface area contributed by atoms with E-state index in [1.54, 1.807) is 12.4 Å². The molecule has 2 fully saturated rings. The Kier molecular flexibility index (Phi) is 4.21. The van der Waals surface area contributed by atoms with Crippen LogP contribution in [0.1, 0.15) is 12.8 Å². The normalized spacial score (nSPS) is 24.9. The van der Waals surface area contributed by atoms with Gasteiger partial charge in [-0.15, -0.1) is 0 Å². The van der Waals surface area contributed by atoms with Crippen molar-refractivity contribution < 1.29 is 4.74 Å². The lowest BCUT2D eigenvalue weighted by atomic mass is 10.2. The molecule has 2 aliphatic rings. The summed E-state index contributed by atoms with van der Waals surface area (Å²) < 4.78 is 5.70. The molecule has 0 saturated carbocycles. The van der Waals surface area contributed by atoms with Crippen molar-refractivity contribution in [2.45, 2.75) is 18.9 Å². The SMILES string of the molecule is Clc1cnccc1N1CCN(C[C@H]2CCCO2)CC1. The summed E-state index contributed by atoms with van der Waals surface area (Å²) in [7, 11) is 0. The van der Waals surface area contributed by atoms with Gasteiger partial charge in [0.2, 0.25) is 0 Å². The molecule has 3 rings (SSSR count). The van der Waals surface area contributed by atoms with Gasteiger partial charge in [0.15, 0.2) is 0 Å². The Hall–Kier alpha value is -0.840. The average molecular weight is 282 g/mol. The predicted octanol–water partition coefficient (Wildman–Crippen LogP) is 2.04. The summed E-state index contributed by atoms with van der Waals surface area (Å²) in [4.78, 5) is 8.88. The lowest BCUT2D eigenvalue weighted by Crippen LogP contribution is -2.48. The maximum absolute atomic E-state index is 6.19. The van der Waals surface area contributed by atoms with Crippen molar-refractivity contribution >= 4 is 17.3 Å². The molecule has 4 nitrogen and oxygen atoms in total. The Morgan fingerprint density at radius 3 is 2.84 bits per heavy atom. The van der Waals surface area contributed by atoms with Crippen LogP contribution in [-0.2, 0) is 4.74 Å². The highest BCUT2D eigenvalue weighted by Gasteiger charge is 2.23. The van der Waals surface area contributed by atoms with Crippen LogP contribution in [0.4, 0.5) is 5.69 Å². The maximum Gasteiger partial charge on any atom is 0.0822 e. The van der Waals surface area contributed by atoms with Crippen LogP contribution >= 0.6 is 11.6 Å². The first-order chi connectivity index (χ1) is 9.33. The number of aromatic nitrogens is 1. The molecule has 0 radical (unpaired) electrons. The average Bonchev–Trinajstić information content (AvgIpc) is 2.93. The van der Waals surface area contributed by atoms with E-state index < -0.39 is 0 Å². The number of rotatable bonds is 3. The van der Waals surface area contributed by atoms with Gasteiger partial charge in [0.1, 0.15) is 0 Å². The third-order valence-corrected chi connectivity index (χ3v) is 4.24. The van der Waals surface area contributed by atoms with Crippen molar-refractivity contribution in [1.29, 1.82) is 0 Å². The van der Waals surface area contributed by atoms with E-state index in [0.717, 1.165) is 50.0 Å². The summed E-state index contributed by atoms with van der Waals surface area (Å²) in [6.45, 7) is 6.24. The third kappa shape index (κ3) is 3.19. The number of anilines is 1. The zero-order chi connectivity index (χ0) is 13.1. The van der Waals surface area contributed by atoms with E-state index in [4.69, 9.17) is 16.3 Å². The summed E-state index contributed by atoms with van der Waals surface area (Å²) in [5, 5.41) is 0.745. The lowest BCUT2D eigenvalue weighted by molar-refractivity contribution is 0.0713. The number of piperazine rings is 1. The minimum absolute atomic E-state index is 0.455. The highest BCUT2D eigenvalue weighted by atomic mass is 35.5. The molecule has 1 aromatic heterocycles. The standard InChI is InChI=1S/C14H20ClN3O/c15-13-10-16-4-3-14(13)18-7-5-17(6-8-18)11-12-2-1-9-19-12/h3-4,10,12H,1-2,5-9,11H2/t12-/m1/s1. The smallest absolute Gasteiger partial charge is 0.0822 e. The zero-order valence-corrected chi connectivity index (χ0v) is 11.9. The third-order valence-electron chi connectivity index (χ3n) is 3.95. The van der Waals surface area contributed by atoms with E-state index in [1.165, 1.54) is 12.8 Å². The first kappa shape index (κ1) is 13.2. The van der Waals surface area contributed by atoms with Crippen LogP contribution in [0.2, 0.25) is 5.02 Å². The van der Waals surface area contributed by atoms with Gasteiger partial charge in [-0.2, -0.15) is 0 Å². The second-order valence-electron chi connectivity index (χ2n) is 5.25. The van der Waals surface area contributed by atoms with E-state index in [0.29, 0.717) is 6.10 Å². The molecular weight excluding hydrogens is 262 g/mol. The van der Waals surface area contributed by atoms with Gasteiger partial charge in [-0.05, 0) is 18.9 Å². The summed E-state index contributed by atoms with van der Waals surface area (Å²) >= 11 is 6.19. The Balaban J connectivity index is 1.53. The van der Waals surface area contributed by atoms with Crippen molar-refractivity contribution in [1.82, 2.24) is 9.88 Å². The number of hydrogen-bond acceptors (Lipinski definition) is 4. The monoisotopic (exact) mass is 281 g/mol. The van der Waals surface area contributed by atoms with Gasteiger partial charge in [-0.1, -0.05) is 11.6 Å². The molecule has 0 spiro atoms. The van der Waals surface area contributed by atoms with E-state index in [-0.39, 0.29) is 0 Å². The molecule has 5 heteroatoms. The van der Waals surface area contributed by atoms with Gasteiger partial charge >= 0.3 is 0 Å². The number of pyridine rings is 1. The number of nitrogens with zero attached hydrogens (tertiary/aromatic N) is 3. The number of ether oxygens (including phenoxy) is 1. The molecular formula is C14H20ClN3O. The fourth-order valence-corrected chi connectivity index (χ4v) is 3.11. The minimum atomic E-state index is 0.455. The van der Waals surface area contributed by atoms with Crippen molar-refractivity contribution in [3.8, 4) is 0 Å². The molecule has 0 aliphatic carbocycles. The fourth-order valence-electron chi connectivity index (χ4n) is 2.87. The van der Waals surface area contributed by atoms with E-state index in [1.807, 2.05) is 6.07 Å². The topological polar surface area (TPSA) is 28.6 Å². The van der Waals surface area contributed by atoms with E-state index in [9.17, 15) is 0 Å². The van der Waals surface area contributed by atoms with Crippen molar-refractivity contribution in [3.05, 3.63) is 23.5 Å². The Morgan fingerprint density at radius 2 is 2.16 bits per heavy atom. The molecule has 0 unspecified atom stereocenters. The summed E-state index contributed by atoms with van der Waals surface area (Å²) in [6, 6.07) is 2.00. The predicted molar refractivity (Wildman–Crippen MR) is 76.9 cm³/mol. The van der Waals surface area contributed by atoms with Crippen LogP contribution < -0.4 is 4.90 Å². The molecule has 1 atom stereocenters. The van der Waals surface area contributed by atoms with Crippen molar-refractivity contribution in [3.63, 3.8) is 0 Å². The largest absolute Gasteiger partial charge is 0.377 e. The van der Waals surface area contributed by atoms with Crippen molar-refractivity contribution in [2.75, 3.05) is 44.2 Å². The molecule has 19 heavy (non-hydrogen) atoms. The van der Waals surface area contributed by atoms with Crippen LogP contribution in [0, 0.1) is 0 Å². The molecule has 104 valence electrons.